The molecule has 0 saturated carbocycles. The van der Waals surface area contributed by atoms with Crippen molar-refractivity contribution in [1.29, 1.82) is 0 Å². The zero-order valence-electron chi connectivity index (χ0n) is 10.7. The fourth-order valence-electron chi connectivity index (χ4n) is 1.97. The highest BCUT2D eigenvalue weighted by Crippen LogP contribution is 2.26. The van der Waals surface area contributed by atoms with Gasteiger partial charge in [0.25, 0.3) is 0 Å². The van der Waals surface area contributed by atoms with Gasteiger partial charge in [0.2, 0.25) is 0 Å². The number of aromatic nitrogens is 1. The van der Waals surface area contributed by atoms with Crippen LogP contribution in [-0.4, -0.2) is 10.1 Å². The Labute approximate surface area is 112 Å². The van der Waals surface area contributed by atoms with E-state index in [0.717, 1.165) is 24.2 Å². The van der Waals surface area contributed by atoms with Crippen molar-refractivity contribution in [1.82, 2.24) is 10.3 Å². The van der Waals surface area contributed by atoms with Crippen molar-refractivity contribution in [2.45, 2.75) is 32.9 Å². The molecular weight excluding hydrogens is 244 g/mol. The first-order valence-corrected chi connectivity index (χ1v) is 7.00. The molecule has 0 radical (unpaired) electrons. The lowest BCUT2D eigenvalue weighted by Gasteiger charge is -2.18. The minimum atomic E-state index is 0.174. The van der Waals surface area contributed by atoms with Crippen LogP contribution in [0.3, 0.4) is 0 Å². The lowest BCUT2D eigenvalue weighted by atomic mass is 10.0. The summed E-state index contributed by atoms with van der Waals surface area (Å²) < 4.78 is 0. The first-order chi connectivity index (χ1) is 8.72. The molecule has 4 heteroatoms. The van der Waals surface area contributed by atoms with Crippen LogP contribution in [0.2, 0.25) is 0 Å². The van der Waals surface area contributed by atoms with Crippen molar-refractivity contribution >= 4 is 11.3 Å². The average Bonchev–Trinajstić information content (AvgIpc) is 2.78. The number of nitrogens with one attached hydrogen (secondary N) is 1. The van der Waals surface area contributed by atoms with Gasteiger partial charge in [0, 0.05) is 23.0 Å². The van der Waals surface area contributed by atoms with Crippen LogP contribution >= 0.6 is 11.3 Å². The third kappa shape index (κ3) is 2.89. The molecule has 0 aliphatic carbocycles. The Morgan fingerprint density at radius 3 is 2.78 bits per heavy atom. The van der Waals surface area contributed by atoms with Crippen molar-refractivity contribution in [3.63, 3.8) is 0 Å². The summed E-state index contributed by atoms with van der Waals surface area (Å²) in [4.78, 5) is 5.49. The van der Waals surface area contributed by atoms with Crippen molar-refractivity contribution in [2.75, 3.05) is 0 Å². The van der Waals surface area contributed by atoms with Crippen LogP contribution in [0.4, 0.5) is 0 Å². The maximum Gasteiger partial charge on any atom is 0.120 e. The van der Waals surface area contributed by atoms with Gasteiger partial charge in [-0.3, -0.25) is 0 Å². The Kier molecular flexibility index (Phi) is 4.33. The van der Waals surface area contributed by atoms with Crippen LogP contribution in [0.15, 0.2) is 29.8 Å². The third-order valence-corrected chi connectivity index (χ3v) is 4.01. The van der Waals surface area contributed by atoms with Crippen LogP contribution in [-0.2, 0) is 6.54 Å². The average molecular weight is 262 g/mol. The summed E-state index contributed by atoms with van der Waals surface area (Å²) in [5, 5.41) is 13.4. The number of aromatic hydroxyl groups is 1. The fourth-order valence-corrected chi connectivity index (χ4v) is 2.70. The summed E-state index contributed by atoms with van der Waals surface area (Å²) in [6.07, 6.45) is 0.940. The van der Waals surface area contributed by atoms with E-state index >= 15 is 0 Å². The number of hydrogen-bond donors (Lipinski definition) is 2. The van der Waals surface area contributed by atoms with E-state index in [9.17, 15) is 5.11 Å². The van der Waals surface area contributed by atoms with Crippen LogP contribution in [0.1, 0.15) is 35.5 Å². The third-order valence-electron chi connectivity index (χ3n) is 3.07. The molecule has 2 N–H and O–H groups in total. The van der Waals surface area contributed by atoms with Crippen LogP contribution in [0.25, 0.3) is 0 Å². The highest BCUT2D eigenvalue weighted by Gasteiger charge is 2.13. The van der Waals surface area contributed by atoms with E-state index in [1.807, 2.05) is 30.6 Å². The highest BCUT2D eigenvalue weighted by molar-refractivity contribution is 7.09. The summed E-state index contributed by atoms with van der Waals surface area (Å²) in [7, 11) is 0. The molecule has 0 amide bonds. The Bertz CT molecular complexity index is 510. The lowest BCUT2D eigenvalue weighted by molar-refractivity contribution is 0.441. The summed E-state index contributed by atoms with van der Waals surface area (Å²) in [6, 6.07) is 7.68. The Hall–Kier alpha value is -1.39. The molecule has 0 bridgehead atoms. The topological polar surface area (TPSA) is 45.2 Å². The molecule has 0 fully saturated rings. The summed E-state index contributed by atoms with van der Waals surface area (Å²) in [6.45, 7) is 4.93. The van der Waals surface area contributed by atoms with Gasteiger partial charge in [0.05, 0.1) is 11.2 Å². The summed E-state index contributed by atoms with van der Waals surface area (Å²) >= 11 is 1.67. The molecular formula is C14H18N2OS. The number of para-hydroxylation sites is 1. The zero-order valence-corrected chi connectivity index (χ0v) is 11.5. The monoisotopic (exact) mass is 262 g/mol. The molecule has 1 aromatic carbocycles. The van der Waals surface area contributed by atoms with E-state index in [1.165, 1.54) is 4.88 Å². The van der Waals surface area contributed by atoms with Crippen LogP contribution in [0, 0.1) is 6.92 Å². The second kappa shape index (κ2) is 5.98. The Morgan fingerprint density at radius 1 is 1.39 bits per heavy atom. The lowest BCUT2D eigenvalue weighted by Crippen LogP contribution is -2.20. The van der Waals surface area contributed by atoms with Gasteiger partial charge in [-0.25, -0.2) is 4.98 Å². The molecule has 2 aromatic rings. The molecule has 0 aliphatic heterocycles. The standard InChI is InChI=1S/C14H18N2OS/c1-3-12(11-6-4-5-7-13(11)17)15-8-14-10(2)16-9-18-14/h4-7,9,12,15,17H,3,8H2,1-2H3. The van der Waals surface area contributed by atoms with Crippen molar-refractivity contribution in [2.24, 2.45) is 0 Å². The SMILES string of the molecule is CCC(NCc1scnc1C)c1ccccc1O. The molecule has 1 unspecified atom stereocenters. The van der Waals surface area contributed by atoms with Gasteiger partial charge >= 0.3 is 0 Å². The molecule has 1 aromatic heterocycles. The number of rotatable bonds is 5. The molecule has 1 heterocycles. The Morgan fingerprint density at radius 2 is 2.17 bits per heavy atom. The maximum absolute atomic E-state index is 9.87. The predicted octanol–water partition coefficient (Wildman–Crippen LogP) is 3.40. The number of thiazole rings is 1. The maximum atomic E-state index is 9.87. The van der Waals surface area contributed by atoms with Gasteiger partial charge in [0.1, 0.15) is 5.75 Å². The quantitative estimate of drug-likeness (QED) is 0.868. The highest BCUT2D eigenvalue weighted by atomic mass is 32.1. The van der Waals surface area contributed by atoms with Gasteiger partial charge in [0.15, 0.2) is 0 Å². The zero-order chi connectivity index (χ0) is 13.0. The number of aryl methyl sites for hydroxylation is 1. The molecule has 2 rings (SSSR count). The van der Waals surface area contributed by atoms with Crippen molar-refractivity contribution < 1.29 is 5.11 Å². The van der Waals surface area contributed by atoms with Gasteiger partial charge in [-0.15, -0.1) is 11.3 Å². The molecule has 3 nitrogen and oxygen atoms in total. The van der Waals surface area contributed by atoms with Crippen LogP contribution in [0.5, 0.6) is 5.75 Å². The normalized spacial score (nSPS) is 12.6. The van der Waals surface area contributed by atoms with Gasteiger partial charge < -0.3 is 10.4 Å². The molecule has 1 atom stereocenters. The largest absolute Gasteiger partial charge is 0.508 e. The second-order valence-electron chi connectivity index (χ2n) is 4.26. The minimum Gasteiger partial charge on any atom is -0.508 e. The molecule has 0 saturated heterocycles. The van der Waals surface area contributed by atoms with E-state index < -0.39 is 0 Å². The number of phenols is 1. The van der Waals surface area contributed by atoms with Crippen LogP contribution < -0.4 is 5.32 Å². The first-order valence-electron chi connectivity index (χ1n) is 6.12. The number of hydrogen-bond acceptors (Lipinski definition) is 4. The smallest absolute Gasteiger partial charge is 0.120 e. The molecule has 96 valence electrons. The van der Waals surface area contributed by atoms with Crippen molar-refractivity contribution in [3.8, 4) is 5.75 Å². The van der Waals surface area contributed by atoms with E-state index in [0.29, 0.717) is 5.75 Å². The van der Waals surface area contributed by atoms with E-state index in [4.69, 9.17) is 0 Å². The molecule has 0 aliphatic rings. The number of nitrogens with zero attached hydrogens (tertiary/aromatic N) is 1. The fraction of sp³-hybridized carbons (Fsp3) is 0.357. The van der Waals surface area contributed by atoms with Gasteiger partial charge in [-0.2, -0.15) is 0 Å². The first kappa shape index (κ1) is 13.1. The van der Waals surface area contributed by atoms with Gasteiger partial charge in [-0.1, -0.05) is 25.1 Å². The van der Waals surface area contributed by atoms with E-state index in [2.05, 4.69) is 17.2 Å². The summed E-state index contributed by atoms with van der Waals surface area (Å²) in [5.74, 6) is 0.359. The number of benzene rings is 1. The Balaban J connectivity index is 2.07. The van der Waals surface area contributed by atoms with Crippen molar-refractivity contribution in [3.05, 3.63) is 45.9 Å². The van der Waals surface area contributed by atoms with E-state index in [-0.39, 0.29) is 6.04 Å². The molecule has 18 heavy (non-hydrogen) atoms. The van der Waals surface area contributed by atoms with E-state index in [1.54, 1.807) is 17.4 Å². The predicted molar refractivity (Wildman–Crippen MR) is 74.8 cm³/mol. The minimum absolute atomic E-state index is 0.174. The number of phenolic OH excluding ortho intramolecular Hbond substituents is 1. The summed E-state index contributed by atoms with van der Waals surface area (Å²) in [5.41, 5.74) is 3.91. The second-order valence-corrected chi connectivity index (χ2v) is 5.20. The van der Waals surface area contributed by atoms with Gasteiger partial charge in [-0.05, 0) is 19.4 Å². The molecule has 0 spiro atoms.